The van der Waals surface area contributed by atoms with Gasteiger partial charge in [-0.3, -0.25) is 4.79 Å². The number of phenols is 1. The first kappa shape index (κ1) is 16.4. The van der Waals surface area contributed by atoms with Gasteiger partial charge in [0, 0.05) is 5.56 Å². The molecule has 1 heterocycles. The summed E-state index contributed by atoms with van der Waals surface area (Å²) in [6.07, 6.45) is 0.955. The third-order valence-electron chi connectivity index (χ3n) is 3.20. The monoisotopic (exact) mass is 322 g/mol. The lowest BCUT2D eigenvalue weighted by atomic mass is 10.1. The second-order valence-corrected chi connectivity index (χ2v) is 6.41. The fraction of sp³-hybridized carbons (Fsp3) is 0.375. The van der Waals surface area contributed by atoms with Crippen LogP contribution in [-0.2, 0) is 5.54 Å². The van der Waals surface area contributed by atoms with Gasteiger partial charge in [0.05, 0.1) is 11.7 Å². The van der Waals surface area contributed by atoms with E-state index in [1.165, 1.54) is 10.9 Å². The topological polar surface area (TPSA) is 64.4 Å². The van der Waals surface area contributed by atoms with Crippen LogP contribution in [0.15, 0.2) is 35.3 Å². The summed E-state index contributed by atoms with van der Waals surface area (Å²) >= 11 is 6.11. The van der Waals surface area contributed by atoms with Crippen molar-refractivity contribution in [3.8, 4) is 11.5 Å². The van der Waals surface area contributed by atoms with Crippen molar-refractivity contribution in [2.75, 3.05) is 0 Å². The van der Waals surface area contributed by atoms with E-state index in [0.717, 1.165) is 0 Å². The lowest BCUT2D eigenvalue weighted by Crippen LogP contribution is -2.36. The molecule has 5 nitrogen and oxygen atoms in total. The van der Waals surface area contributed by atoms with Gasteiger partial charge in [0.2, 0.25) is 0 Å². The van der Waals surface area contributed by atoms with Crippen LogP contribution in [0.1, 0.15) is 39.4 Å². The van der Waals surface area contributed by atoms with E-state index >= 15 is 0 Å². The number of para-hydroxylation sites is 1. The zero-order chi connectivity index (χ0) is 16.5. The first-order valence-electron chi connectivity index (χ1n) is 6.94. The van der Waals surface area contributed by atoms with Crippen LogP contribution in [0.4, 0.5) is 0 Å². The van der Waals surface area contributed by atoms with Gasteiger partial charge in [0.15, 0.2) is 10.8 Å². The van der Waals surface area contributed by atoms with Crippen molar-refractivity contribution in [2.24, 2.45) is 0 Å². The van der Waals surface area contributed by atoms with Crippen LogP contribution < -0.4 is 10.3 Å². The molecule has 1 atom stereocenters. The predicted molar refractivity (Wildman–Crippen MR) is 85.7 cm³/mol. The Balaban J connectivity index is 2.34. The molecule has 0 spiro atoms. The molecular formula is C16H19ClN2O3. The van der Waals surface area contributed by atoms with Crippen LogP contribution in [-0.4, -0.2) is 14.9 Å². The lowest BCUT2D eigenvalue weighted by Gasteiger charge is -2.22. The molecule has 1 aromatic carbocycles. The summed E-state index contributed by atoms with van der Waals surface area (Å²) in [6, 6.07) is 6.85. The number of benzene rings is 1. The van der Waals surface area contributed by atoms with Gasteiger partial charge in [0.25, 0.3) is 5.56 Å². The highest BCUT2D eigenvalue weighted by atomic mass is 35.5. The predicted octanol–water partition coefficient (Wildman–Crippen LogP) is 3.50. The molecule has 0 amide bonds. The fourth-order valence-corrected chi connectivity index (χ4v) is 2.24. The van der Waals surface area contributed by atoms with Gasteiger partial charge in [-0.15, -0.1) is 0 Å². The van der Waals surface area contributed by atoms with E-state index in [9.17, 15) is 9.90 Å². The van der Waals surface area contributed by atoms with Gasteiger partial charge in [-0.25, -0.2) is 4.68 Å². The van der Waals surface area contributed by atoms with Crippen LogP contribution in [0.25, 0.3) is 0 Å². The van der Waals surface area contributed by atoms with Crippen molar-refractivity contribution in [3.05, 3.63) is 51.4 Å². The van der Waals surface area contributed by atoms with E-state index in [4.69, 9.17) is 16.3 Å². The largest absolute Gasteiger partial charge is 0.508 e. The molecule has 118 valence electrons. The number of nitrogens with zero attached hydrogens (tertiary/aromatic N) is 2. The Labute approximate surface area is 134 Å². The van der Waals surface area contributed by atoms with Crippen molar-refractivity contribution in [2.45, 2.75) is 39.3 Å². The highest BCUT2D eigenvalue weighted by molar-refractivity contribution is 6.31. The molecule has 0 radical (unpaired) electrons. The summed E-state index contributed by atoms with van der Waals surface area (Å²) in [5.74, 6) is 0.324. The molecule has 6 heteroatoms. The highest BCUT2D eigenvalue weighted by Gasteiger charge is 2.21. The van der Waals surface area contributed by atoms with Gasteiger partial charge >= 0.3 is 0 Å². The Morgan fingerprint density at radius 1 is 1.32 bits per heavy atom. The SMILES string of the molecule is CC(Oc1cnn(C(C)(C)C)c(=O)c1Cl)c1ccccc1O. The third kappa shape index (κ3) is 3.25. The average molecular weight is 323 g/mol. The maximum Gasteiger partial charge on any atom is 0.289 e. The molecule has 0 saturated heterocycles. The molecule has 1 aromatic heterocycles. The Morgan fingerprint density at radius 2 is 1.95 bits per heavy atom. The molecule has 1 N–H and O–H groups in total. The van der Waals surface area contributed by atoms with Crippen LogP contribution in [0.5, 0.6) is 11.5 Å². The molecule has 2 aromatic rings. The van der Waals surface area contributed by atoms with E-state index in [1.807, 2.05) is 20.8 Å². The average Bonchev–Trinajstić information content (AvgIpc) is 2.43. The normalized spacial score (nSPS) is 13.0. The summed E-state index contributed by atoms with van der Waals surface area (Å²) in [7, 11) is 0. The summed E-state index contributed by atoms with van der Waals surface area (Å²) in [6.45, 7) is 7.36. The van der Waals surface area contributed by atoms with E-state index in [-0.39, 0.29) is 16.5 Å². The van der Waals surface area contributed by atoms with Crippen LogP contribution in [0.3, 0.4) is 0 Å². The minimum Gasteiger partial charge on any atom is -0.508 e. The first-order valence-corrected chi connectivity index (χ1v) is 7.32. The lowest BCUT2D eigenvalue weighted by molar-refractivity contribution is 0.218. The van der Waals surface area contributed by atoms with Crippen molar-refractivity contribution in [1.82, 2.24) is 9.78 Å². The van der Waals surface area contributed by atoms with Gasteiger partial charge in [0.1, 0.15) is 11.9 Å². The number of rotatable bonds is 3. The number of hydrogen-bond acceptors (Lipinski definition) is 4. The zero-order valence-electron chi connectivity index (χ0n) is 13.0. The molecule has 0 saturated carbocycles. The summed E-state index contributed by atoms with van der Waals surface area (Å²) in [5.41, 5.74) is -0.266. The highest BCUT2D eigenvalue weighted by Crippen LogP contribution is 2.30. The van der Waals surface area contributed by atoms with Gasteiger partial charge in [-0.2, -0.15) is 5.10 Å². The Morgan fingerprint density at radius 3 is 2.55 bits per heavy atom. The first-order chi connectivity index (χ1) is 10.2. The number of phenolic OH excluding ortho intramolecular Hbond substituents is 1. The van der Waals surface area contributed by atoms with Crippen molar-refractivity contribution in [1.29, 1.82) is 0 Å². The molecule has 0 fully saturated rings. The molecule has 22 heavy (non-hydrogen) atoms. The van der Waals surface area contributed by atoms with Crippen molar-refractivity contribution in [3.63, 3.8) is 0 Å². The minimum absolute atomic E-state index is 0.0211. The second-order valence-electron chi connectivity index (χ2n) is 6.03. The fourth-order valence-electron chi connectivity index (χ4n) is 2.06. The second kappa shape index (κ2) is 6.01. The molecule has 0 aliphatic rings. The Bertz CT molecular complexity index is 735. The Hall–Kier alpha value is -2.01. The van der Waals surface area contributed by atoms with Crippen molar-refractivity contribution >= 4 is 11.6 Å². The van der Waals surface area contributed by atoms with E-state index < -0.39 is 17.2 Å². The molecule has 0 aliphatic carbocycles. The number of aromatic hydroxyl groups is 1. The molecule has 0 aliphatic heterocycles. The molecular weight excluding hydrogens is 304 g/mol. The van der Waals surface area contributed by atoms with Crippen LogP contribution in [0.2, 0.25) is 5.02 Å². The summed E-state index contributed by atoms with van der Waals surface area (Å²) in [4.78, 5) is 12.3. The Kier molecular flexibility index (Phi) is 4.47. The minimum atomic E-state index is -0.470. The maximum absolute atomic E-state index is 12.3. The van der Waals surface area contributed by atoms with E-state index in [2.05, 4.69) is 5.10 Å². The number of ether oxygens (including phenoxy) is 1. The van der Waals surface area contributed by atoms with Crippen molar-refractivity contribution < 1.29 is 9.84 Å². The molecule has 1 unspecified atom stereocenters. The van der Waals surface area contributed by atoms with Crippen LogP contribution in [0, 0.1) is 0 Å². The number of hydrogen-bond donors (Lipinski definition) is 1. The van der Waals surface area contributed by atoms with Crippen LogP contribution >= 0.6 is 11.6 Å². The zero-order valence-corrected chi connectivity index (χ0v) is 13.8. The standard InChI is InChI=1S/C16H19ClN2O3/c1-10(11-7-5-6-8-12(11)20)22-13-9-18-19(16(2,3)4)15(21)14(13)17/h5-10,20H,1-4H3. The summed E-state index contributed by atoms with van der Waals surface area (Å²) < 4.78 is 7.01. The van der Waals surface area contributed by atoms with Gasteiger partial charge in [-0.05, 0) is 33.8 Å². The third-order valence-corrected chi connectivity index (χ3v) is 3.55. The maximum atomic E-state index is 12.3. The molecule has 0 bridgehead atoms. The summed E-state index contributed by atoms with van der Waals surface area (Å²) in [5, 5.41) is 13.9. The van der Waals surface area contributed by atoms with Gasteiger partial charge in [-0.1, -0.05) is 29.8 Å². The quantitative estimate of drug-likeness (QED) is 0.939. The molecule has 2 rings (SSSR count). The smallest absolute Gasteiger partial charge is 0.289 e. The van der Waals surface area contributed by atoms with E-state index in [0.29, 0.717) is 5.56 Å². The number of aromatic nitrogens is 2. The number of halogens is 1. The van der Waals surface area contributed by atoms with Gasteiger partial charge < -0.3 is 9.84 Å². The van der Waals surface area contributed by atoms with E-state index in [1.54, 1.807) is 31.2 Å².